The molecule has 0 aliphatic carbocycles. The largest absolute Gasteiger partial charge is 0.362 e. The molecule has 0 aromatic carbocycles. The van der Waals surface area contributed by atoms with E-state index in [9.17, 15) is 4.79 Å². The van der Waals surface area contributed by atoms with Gasteiger partial charge in [-0.15, -0.1) is 0 Å². The summed E-state index contributed by atoms with van der Waals surface area (Å²) in [5.41, 5.74) is 0.644. The van der Waals surface area contributed by atoms with Gasteiger partial charge in [0.2, 0.25) is 0 Å². The van der Waals surface area contributed by atoms with E-state index in [2.05, 4.69) is 40.1 Å². The van der Waals surface area contributed by atoms with E-state index in [4.69, 9.17) is 0 Å². The highest BCUT2D eigenvalue weighted by molar-refractivity contribution is 9.10. The van der Waals surface area contributed by atoms with Gasteiger partial charge in [0.05, 0.1) is 5.56 Å². The summed E-state index contributed by atoms with van der Waals surface area (Å²) >= 11 is 3.40. The number of carbonyl (C=O) groups is 1. The number of amides is 1. The Hall–Kier alpha value is -1.14. The maximum atomic E-state index is 12.8. The summed E-state index contributed by atoms with van der Waals surface area (Å²) in [6.45, 7) is 5.65. The zero-order valence-electron chi connectivity index (χ0n) is 12.4. The molecule has 1 N–H and O–H groups in total. The number of hydrogen-bond donors (Lipinski definition) is 1. The van der Waals surface area contributed by atoms with Gasteiger partial charge in [0.15, 0.2) is 0 Å². The van der Waals surface area contributed by atoms with Crippen LogP contribution in [0.4, 0.5) is 5.82 Å². The summed E-state index contributed by atoms with van der Waals surface area (Å²) in [5, 5.41) is 3.44. The Kier molecular flexibility index (Phi) is 4.65. The standard InChI is InChI=1S/C14H21BrN4O/c1-9-7-19(8-10(2)17-9)14(20)12-5-11(15)6-16-13(12)18(3)4/h5-6,9-10,17H,7-8H2,1-4H3. The van der Waals surface area contributed by atoms with Crippen LogP contribution < -0.4 is 10.2 Å². The highest BCUT2D eigenvalue weighted by atomic mass is 79.9. The molecule has 1 fully saturated rings. The molecule has 1 aliphatic heterocycles. The van der Waals surface area contributed by atoms with E-state index < -0.39 is 0 Å². The normalized spacial score (nSPS) is 22.8. The summed E-state index contributed by atoms with van der Waals surface area (Å²) in [5.74, 6) is 0.750. The van der Waals surface area contributed by atoms with Crippen molar-refractivity contribution < 1.29 is 4.79 Å². The first-order valence-electron chi connectivity index (χ1n) is 6.76. The fraction of sp³-hybridized carbons (Fsp3) is 0.571. The minimum Gasteiger partial charge on any atom is -0.362 e. The van der Waals surface area contributed by atoms with Crippen LogP contribution in [0.3, 0.4) is 0 Å². The lowest BCUT2D eigenvalue weighted by molar-refractivity contribution is 0.0674. The minimum atomic E-state index is 0.0442. The minimum absolute atomic E-state index is 0.0442. The van der Waals surface area contributed by atoms with Crippen molar-refractivity contribution in [1.82, 2.24) is 15.2 Å². The van der Waals surface area contributed by atoms with Gasteiger partial charge in [-0.05, 0) is 35.8 Å². The van der Waals surface area contributed by atoms with Crippen LogP contribution in [0.2, 0.25) is 0 Å². The van der Waals surface area contributed by atoms with E-state index in [0.29, 0.717) is 23.5 Å². The van der Waals surface area contributed by atoms with E-state index >= 15 is 0 Å². The molecule has 2 heterocycles. The van der Waals surface area contributed by atoms with Gasteiger partial charge in [0, 0.05) is 49.9 Å². The molecule has 2 atom stereocenters. The number of hydrogen-bond acceptors (Lipinski definition) is 4. The molecule has 6 heteroatoms. The summed E-state index contributed by atoms with van der Waals surface area (Å²) in [7, 11) is 3.80. The van der Waals surface area contributed by atoms with E-state index in [1.165, 1.54) is 0 Å². The second-order valence-corrected chi connectivity index (χ2v) is 6.51. The van der Waals surface area contributed by atoms with Gasteiger partial charge in [-0.3, -0.25) is 4.79 Å². The lowest BCUT2D eigenvalue weighted by Crippen LogP contribution is -2.55. The summed E-state index contributed by atoms with van der Waals surface area (Å²) < 4.78 is 0.822. The van der Waals surface area contributed by atoms with Gasteiger partial charge in [0.1, 0.15) is 5.82 Å². The fourth-order valence-electron chi connectivity index (χ4n) is 2.61. The van der Waals surface area contributed by atoms with Crippen molar-refractivity contribution in [1.29, 1.82) is 0 Å². The van der Waals surface area contributed by atoms with Crippen LogP contribution in [0.25, 0.3) is 0 Å². The first-order chi connectivity index (χ1) is 9.38. The van der Waals surface area contributed by atoms with Crippen LogP contribution >= 0.6 is 15.9 Å². The number of anilines is 1. The van der Waals surface area contributed by atoms with Crippen LogP contribution in [-0.4, -0.2) is 55.1 Å². The summed E-state index contributed by atoms with van der Waals surface area (Å²) in [4.78, 5) is 20.9. The van der Waals surface area contributed by atoms with Crippen molar-refractivity contribution in [2.45, 2.75) is 25.9 Å². The van der Waals surface area contributed by atoms with Crippen molar-refractivity contribution >= 4 is 27.7 Å². The third-order valence-electron chi connectivity index (χ3n) is 3.33. The Labute approximate surface area is 128 Å². The molecule has 1 aromatic rings. The molecule has 1 saturated heterocycles. The lowest BCUT2D eigenvalue weighted by atomic mass is 10.1. The SMILES string of the molecule is CC1CN(C(=O)c2cc(Br)cnc2N(C)C)CC(C)N1. The summed E-state index contributed by atoms with van der Waals surface area (Å²) in [6.07, 6.45) is 1.72. The van der Waals surface area contributed by atoms with Crippen LogP contribution in [0.1, 0.15) is 24.2 Å². The van der Waals surface area contributed by atoms with Crippen LogP contribution in [0, 0.1) is 0 Å². The molecular formula is C14H21BrN4O. The first kappa shape index (κ1) is 15.3. The Bertz CT molecular complexity index is 496. The van der Waals surface area contributed by atoms with Gasteiger partial charge in [-0.2, -0.15) is 0 Å². The van der Waals surface area contributed by atoms with Crippen molar-refractivity contribution in [3.63, 3.8) is 0 Å². The monoisotopic (exact) mass is 340 g/mol. The molecule has 0 bridgehead atoms. The van der Waals surface area contributed by atoms with Gasteiger partial charge in [-0.25, -0.2) is 4.98 Å². The van der Waals surface area contributed by atoms with Crippen molar-refractivity contribution in [3.8, 4) is 0 Å². The lowest BCUT2D eigenvalue weighted by Gasteiger charge is -2.36. The molecule has 0 saturated carbocycles. The maximum Gasteiger partial charge on any atom is 0.257 e. The van der Waals surface area contributed by atoms with Crippen molar-refractivity contribution in [2.24, 2.45) is 0 Å². The molecule has 2 unspecified atom stereocenters. The van der Waals surface area contributed by atoms with Gasteiger partial charge < -0.3 is 15.1 Å². The molecule has 0 radical (unpaired) electrons. The Morgan fingerprint density at radius 1 is 1.40 bits per heavy atom. The quantitative estimate of drug-likeness (QED) is 0.890. The highest BCUT2D eigenvalue weighted by Crippen LogP contribution is 2.22. The number of halogens is 1. The zero-order chi connectivity index (χ0) is 14.9. The van der Waals surface area contributed by atoms with E-state index in [-0.39, 0.29) is 5.91 Å². The number of pyridine rings is 1. The third-order valence-corrected chi connectivity index (χ3v) is 3.77. The highest BCUT2D eigenvalue weighted by Gasteiger charge is 2.27. The fourth-order valence-corrected chi connectivity index (χ4v) is 2.94. The number of carbonyl (C=O) groups excluding carboxylic acids is 1. The van der Waals surface area contributed by atoms with Gasteiger partial charge in [0.25, 0.3) is 5.91 Å². The Balaban J connectivity index is 2.30. The van der Waals surface area contributed by atoms with E-state index in [1.54, 1.807) is 6.20 Å². The summed E-state index contributed by atoms with van der Waals surface area (Å²) in [6, 6.07) is 2.47. The number of aromatic nitrogens is 1. The van der Waals surface area contributed by atoms with Crippen LogP contribution in [-0.2, 0) is 0 Å². The van der Waals surface area contributed by atoms with Gasteiger partial charge >= 0.3 is 0 Å². The number of nitrogens with one attached hydrogen (secondary N) is 1. The second-order valence-electron chi connectivity index (χ2n) is 5.60. The molecule has 5 nitrogen and oxygen atoms in total. The van der Waals surface area contributed by atoms with E-state index in [0.717, 1.165) is 17.6 Å². The maximum absolute atomic E-state index is 12.8. The topological polar surface area (TPSA) is 48.5 Å². The molecule has 110 valence electrons. The average molecular weight is 341 g/mol. The smallest absolute Gasteiger partial charge is 0.257 e. The average Bonchev–Trinajstić information content (AvgIpc) is 2.36. The van der Waals surface area contributed by atoms with Gasteiger partial charge in [-0.1, -0.05) is 0 Å². The molecule has 2 rings (SSSR count). The Morgan fingerprint density at radius 3 is 2.55 bits per heavy atom. The predicted molar refractivity (Wildman–Crippen MR) is 84.2 cm³/mol. The zero-order valence-corrected chi connectivity index (χ0v) is 13.9. The number of piperazine rings is 1. The first-order valence-corrected chi connectivity index (χ1v) is 7.56. The van der Waals surface area contributed by atoms with Crippen molar-refractivity contribution in [2.75, 3.05) is 32.1 Å². The number of rotatable bonds is 2. The molecule has 0 spiro atoms. The predicted octanol–water partition coefficient (Wildman–Crippen LogP) is 1.73. The molecule has 1 amide bonds. The second kappa shape index (κ2) is 6.10. The van der Waals surface area contributed by atoms with Crippen LogP contribution in [0.5, 0.6) is 0 Å². The molecular weight excluding hydrogens is 320 g/mol. The third kappa shape index (κ3) is 3.30. The van der Waals surface area contributed by atoms with Crippen molar-refractivity contribution in [3.05, 3.63) is 22.3 Å². The number of nitrogens with zero attached hydrogens (tertiary/aromatic N) is 3. The molecule has 1 aromatic heterocycles. The van der Waals surface area contributed by atoms with E-state index in [1.807, 2.05) is 30.0 Å². The van der Waals surface area contributed by atoms with Crippen LogP contribution in [0.15, 0.2) is 16.7 Å². The molecule has 20 heavy (non-hydrogen) atoms. The Morgan fingerprint density at radius 2 is 2.00 bits per heavy atom. The molecule has 1 aliphatic rings.